The van der Waals surface area contributed by atoms with Crippen LogP contribution in [0, 0.1) is 11.3 Å². The molecule has 0 aliphatic heterocycles. The molecule has 0 bridgehead atoms. The van der Waals surface area contributed by atoms with Crippen LogP contribution in [-0.4, -0.2) is 29.1 Å². The minimum Gasteiger partial charge on any atom is -0.308 e. The van der Waals surface area contributed by atoms with E-state index in [1.54, 1.807) is 12.4 Å². The van der Waals surface area contributed by atoms with Crippen molar-refractivity contribution in [2.24, 2.45) is 0 Å². The first-order chi connectivity index (χ1) is 25.8. The number of hydrogen-bond acceptors (Lipinski definition) is 5. The fraction of sp³-hybridized carbons (Fsp3) is 0. The SMILES string of the molecule is N#Cc1c(-n2c3ccccc3c3cnccc32)cc(-c2nc(-c3ccccc3)cc(-c3ccccc3)n2)cc1-n1c2ccccc2c2cnccc21. The molecule has 10 rings (SSSR count). The van der Waals surface area contributed by atoms with Gasteiger partial charge >= 0.3 is 0 Å². The Morgan fingerprint density at radius 1 is 0.442 bits per heavy atom. The molecule has 10 aromatic rings. The fourth-order valence-electron chi connectivity index (χ4n) is 7.45. The predicted molar refractivity (Wildman–Crippen MR) is 207 cm³/mol. The molecule has 0 radical (unpaired) electrons. The van der Waals surface area contributed by atoms with Crippen LogP contribution < -0.4 is 0 Å². The van der Waals surface area contributed by atoms with Crippen molar-refractivity contribution >= 4 is 43.6 Å². The summed E-state index contributed by atoms with van der Waals surface area (Å²) in [6.07, 6.45) is 7.38. The highest BCUT2D eigenvalue weighted by atomic mass is 15.0. The van der Waals surface area contributed by atoms with E-state index in [9.17, 15) is 5.26 Å². The Hall–Kier alpha value is -7.43. The molecule has 0 aliphatic rings. The second-order valence-corrected chi connectivity index (χ2v) is 12.7. The fourth-order valence-corrected chi connectivity index (χ4v) is 7.45. The number of benzene rings is 5. The number of nitriles is 1. The molecular weight excluding hydrogens is 639 g/mol. The van der Waals surface area contributed by atoms with Crippen molar-refractivity contribution in [2.75, 3.05) is 0 Å². The maximum Gasteiger partial charge on any atom is 0.160 e. The van der Waals surface area contributed by atoms with Gasteiger partial charge in [-0.05, 0) is 42.5 Å². The van der Waals surface area contributed by atoms with E-state index in [2.05, 4.69) is 85.8 Å². The molecule has 0 N–H and O–H groups in total. The van der Waals surface area contributed by atoms with Crippen LogP contribution in [0.2, 0.25) is 0 Å². The van der Waals surface area contributed by atoms with Gasteiger partial charge in [0.2, 0.25) is 0 Å². The summed E-state index contributed by atoms with van der Waals surface area (Å²) in [5, 5.41) is 15.3. The summed E-state index contributed by atoms with van der Waals surface area (Å²) >= 11 is 0. The zero-order valence-corrected chi connectivity index (χ0v) is 27.7. The van der Waals surface area contributed by atoms with Crippen molar-refractivity contribution < 1.29 is 0 Å². The Bertz CT molecular complexity index is 2730. The van der Waals surface area contributed by atoms with E-state index in [0.717, 1.165) is 83.1 Å². The lowest BCUT2D eigenvalue weighted by Gasteiger charge is -2.18. The molecule has 242 valence electrons. The molecule has 5 heterocycles. The van der Waals surface area contributed by atoms with Crippen LogP contribution >= 0.6 is 0 Å². The Morgan fingerprint density at radius 3 is 1.37 bits per heavy atom. The monoisotopic (exact) mass is 665 g/mol. The lowest BCUT2D eigenvalue weighted by molar-refractivity contribution is 1.10. The Kier molecular flexibility index (Phi) is 6.73. The van der Waals surface area contributed by atoms with Gasteiger partial charge in [-0.1, -0.05) is 97.1 Å². The van der Waals surface area contributed by atoms with Crippen LogP contribution in [-0.2, 0) is 0 Å². The zero-order chi connectivity index (χ0) is 34.6. The number of para-hydroxylation sites is 2. The number of nitrogens with zero attached hydrogens (tertiary/aromatic N) is 7. The average Bonchev–Trinajstić information content (AvgIpc) is 3.74. The van der Waals surface area contributed by atoms with E-state index in [1.807, 2.05) is 91.3 Å². The first kappa shape index (κ1) is 29.5. The first-order valence-electron chi connectivity index (χ1n) is 17.0. The Morgan fingerprint density at radius 2 is 0.885 bits per heavy atom. The van der Waals surface area contributed by atoms with E-state index in [1.165, 1.54) is 0 Å². The summed E-state index contributed by atoms with van der Waals surface area (Å²) < 4.78 is 4.35. The molecule has 0 unspecified atom stereocenters. The van der Waals surface area contributed by atoms with Crippen LogP contribution in [0.4, 0.5) is 0 Å². The minimum absolute atomic E-state index is 0.519. The van der Waals surface area contributed by atoms with Crippen molar-refractivity contribution in [3.8, 4) is 51.3 Å². The molecule has 5 aromatic heterocycles. The van der Waals surface area contributed by atoms with Gasteiger partial charge in [0.1, 0.15) is 11.6 Å². The molecule has 0 spiro atoms. The van der Waals surface area contributed by atoms with Crippen molar-refractivity contribution in [1.29, 1.82) is 5.26 Å². The topological polar surface area (TPSA) is 85.2 Å². The summed E-state index contributed by atoms with van der Waals surface area (Å²) in [6.45, 7) is 0. The standard InChI is InChI=1S/C45H27N7/c46-26-34-43(51-39-17-9-7-15-32(39)35-27-47-21-19-41(35)51)23-31(24-44(34)52-40-18-10-8-16-33(40)36-28-48-22-20-42(36)52)45-49-37(29-11-3-1-4-12-29)25-38(50-45)30-13-5-2-6-14-30/h1-25,27-28H. The minimum atomic E-state index is 0.519. The summed E-state index contributed by atoms with van der Waals surface area (Å²) in [6, 6.07) is 49.7. The second kappa shape index (κ2) is 11.9. The third-order valence-electron chi connectivity index (χ3n) is 9.76. The summed E-state index contributed by atoms with van der Waals surface area (Å²) in [5.74, 6) is 0.553. The zero-order valence-electron chi connectivity index (χ0n) is 27.7. The Balaban J connectivity index is 1.36. The Labute approximate surface area is 298 Å². The van der Waals surface area contributed by atoms with Crippen LogP contribution in [0.1, 0.15) is 5.56 Å². The van der Waals surface area contributed by atoms with Crippen LogP contribution in [0.15, 0.2) is 164 Å². The highest BCUT2D eigenvalue weighted by Crippen LogP contribution is 2.40. The van der Waals surface area contributed by atoms with Crippen molar-refractivity contribution in [3.05, 3.63) is 170 Å². The maximum atomic E-state index is 11.2. The molecule has 0 saturated carbocycles. The molecule has 7 heteroatoms. The lowest BCUT2D eigenvalue weighted by Crippen LogP contribution is -2.06. The normalized spacial score (nSPS) is 11.4. The number of hydrogen-bond donors (Lipinski definition) is 0. The summed E-state index contributed by atoms with van der Waals surface area (Å²) in [4.78, 5) is 19.4. The molecule has 0 amide bonds. The number of aromatic nitrogens is 6. The van der Waals surface area contributed by atoms with Gasteiger partial charge in [-0.3, -0.25) is 9.97 Å². The first-order valence-corrected chi connectivity index (χ1v) is 17.0. The number of fused-ring (bicyclic) bond motifs is 6. The molecule has 0 atom stereocenters. The maximum absolute atomic E-state index is 11.2. The summed E-state index contributed by atoms with van der Waals surface area (Å²) in [7, 11) is 0. The van der Waals surface area contributed by atoms with Gasteiger partial charge in [0.15, 0.2) is 5.82 Å². The van der Waals surface area contributed by atoms with Gasteiger partial charge in [0.05, 0.1) is 44.8 Å². The molecule has 52 heavy (non-hydrogen) atoms. The smallest absolute Gasteiger partial charge is 0.160 e. The van der Waals surface area contributed by atoms with E-state index in [0.29, 0.717) is 11.4 Å². The quantitative estimate of drug-likeness (QED) is 0.183. The van der Waals surface area contributed by atoms with Crippen LogP contribution in [0.25, 0.3) is 88.9 Å². The van der Waals surface area contributed by atoms with Crippen molar-refractivity contribution in [2.45, 2.75) is 0 Å². The second-order valence-electron chi connectivity index (χ2n) is 12.7. The molecule has 0 saturated heterocycles. The van der Waals surface area contributed by atoms with E-state index >= 15 is 0 Å². The number of pyridine rings is 2. The number of rotatable bonds is 5. The molecule has 0 fully saturated rings. The van der Waals surface area contributed by atoms with Crippen LogP contribution in [0.5, 0.6) is 0 Å². The van der Waals surface area contributed by atoms with Crippen molar-refractivity contribution in [3.63, 3.8) is 0 Å². The van der Waals surface area contributed by atoms with Gasteiger partial charge in [-0.15, -0.1) is 0 Å². The largest absolute Gasteiger partial charge is 0.308 e. The highest BCUT2D eigenvalue weighted by molar-refractivity contribution is 6.10. The third kappa shape index (κ3) is 4.59. The molecule has 0 aliphatic carbocycles. The van der Waals surface area contributed by atoms with Gasteiger partial charge in [0, 0.05) is 63.0 Å². The molecule has 7 nitrogen and oxygen atoms in total. The lowest BCUT2D eigenvalue weighted by atomic mass is 10.0. The van der Waals surface area contributed by atoms with Gasteiger partial charge < -0.3 is 9.13 Å². The summed E-state index contributed by atoms with van der Waals surface area (Å²) in [5.41, 5.74) is 10.2. The van der Waals surface area contributed by atoms with E-state index in [4.69, 9.17) is 9.97 Å². The van der Waals surface area contributed by atoms with E-state index in [-0.39, 0.29) is 0 Å². The molecular formula is C45H27N7. The van der Waals surface area contributed by atoms with Gasteiger partial charge in [-0.25, -0.2) is 9.97 Å². The third-order valence-corrected chi connectivity index (χ3v) is 9.76. The van der Waals surface area contributed by atoms with Crippen molar-refractivity contribution in [1.82, 2.24) is 29.1 Å². The van der Waals surface area contributed by atoms with E-state index < -0.39 is 0 Å². The van der Waals surface area contributed by atoms with Crippen LogP contribution in [0.3, 0.4) is 0 Å². The predicted octanol–water partition coefficient (Wildman–Crippen LogP) is 10.3. The van der Waals surface area contributed by atoms with Gasteiger partial charge in [-0.2, -0.15) is 5.26 Å². The molecule has 5 aromatic carbocycles. The average molecular weight is 666 g/mol. The van der Waals surface area contributed by atoms with Gasteiger partial charge in [0.25, 0.3) is 0 Å². The highest BCUT2D eigenvalue weighted by Gasteiger charge is 2.23.